The van der Waals surface area contributed by atoms with Crippen LogP contribution in [0, 0.1) is 5.92 Å². The molecule has 1 fully saturated rings. The molecule has 0 aliphatic carbocycles. The first-order valence-corrected chi connectivity index (χ1v) is 6.58. The van der Waals surface area contributed by atoms with Gasteiger partial charge in [0, 0.05) is 6.42 Å². The Kier molecular flexibility index (Phi) is 3.19. The van der Waals surface area contributed by atoms with Crippen molar-refractivity contribution in [2.24, 2.45) is 5.92 Å². The lowest BCUT2D eigenvalue weighted by molar-refractivity contribution is 0.359. The minimum atomic E-state index is 0.738. The van der Waals surface area contributed by atoms with Crippen molar-refractivity contribution in [3.8, 4) is 5.88 Å². The number of hydrogen-bond donors (Lipinski definition) is 1. The first kappa shape index (κ1) is 11.5. The molecule has 0 aromatic carbocycles. The molecule has 0 spiro atoms. The highest BCUT2D eigenvalue weighted by Crippen LogP contribution is 2.22. The second-order valence-corrected chi connectivity index (χ2v) is 4.90. The van der Waals surface area contributed by atoms with E-state index in [2.05, 4.69) is 20.8 Å². The Morgan fingerprint density at radius 2 is 2.22 bits per heavy atom. The lowest BCUT2D eigenvalue weighted by Gasteiger charge is -2.22. The molecule has 3 rings (SSSR count). The van der Waals surface area contributed by atoms with E-state index in [0.29, 0.717) is 0 Å². The number of methoxy groups -OCH3 is 1. The van der Waals surface area contributed by atoms with E-state index in [1.54, 1.807) is 7.11 Å². The van der Waals surface area contributed by atoms with Crippen LogP contribution in [0.2, 0.25) is 0 Å². The van der Waals surface area contributed by atoms with E-state index in [-0.39, 0.29) is 0 Å². The molecule has 3 heterocycles. The Morgan fingerprint density at radius 3 is 3.00 bits per heavy atom. The van der Waals surface area contributed by atoms with Gasteiger partial charge in [-0.2, -0.15) is 0 Å². The second kappa shape index (κ2) is 4.98. The zero-order valence-corrected chi connectivity index (χ0v) is 10.7. The summed E-state index contributed by atoms with van der Waals surface area (Å²) in [5, 5.41) is 3.40. The zero-order valence-electron chi connectivity index (χ0n) is 10.7. The summed E-state index contributed by atoms with van der Waals surface area (Å²) in [6.45, 7) is 2.26. The molecule has 1 saturated heterocycles. The number of pyridine rings is 1. The monoisotopic (exact) mass is 245 g/mol. The lowest BCUT2D eigenvalue weighted by atomic mass is 9.94. The quantitative estimate of drug-likeness (QED) is 0.897. The van der Waals surface area contributed by atoms with E-state index in [1.807, 2.05) is 18.3 Å². The van der Waals surface area contributed by atoms with Crippen molar-refractivity contribution in [2.45, 2.75) is 19.3 Å². The molecule has 0 unspecified atom stereocenters. The van der Waals surface area contributed by atoms with Crippen LogP contribution >= 0.6 is 0 Å². The molecule has 18 heavy (non-hydrogen) atoms. The Hall–Kier alpha value is -1.55. The third-order valence-electron chi connectivity index (χ3n) is 3.73. The molecule has 0 atom stereocenters. The molecule has 0 radical (unpaired) electrons. The van der Waals surface area contributed by atoms with E-state index in [9.17, 15) is 0 Å². The van der Waals surface area contributed by atoms with Gasteiger partial charge < -0.3 is 10.1 Å². The van der Waals surface area contributed by atoms with Crippen molar-refractivity contribution in [1.82, 2.24) is 14.7 Å². The predicted octanol–water partition coefficient (Wildman–Crippen LogP) is 1.88. The summed E-state index contributed by atoms with van der Waals surface area (Å²) in [5.41, 5.74) is 1.11. The first-order valence-electron chi connectivity index (χ1n) is 6.58. The van der Waals surface area contributed by atoms with Gasteiger partial charge in [0.25, 0.3) is 0 Å². The lowest BCUT2D eigenvalue weighted by Crippen LogP contribution is -2.29. The first-order chi connectivity index (χ1) is 8.88. The highest BCUT2D eigenvalue weighted by atomic mass is 16.5. The smallest absolute Gasteiger partial charge is 0.199 e. The minimum absolute atomic E-state index is 0.738. The maximum absolute atomic E-state index is 5.43. The Labute approximate surface area is 107 Å². The van der Waals surface area contributed by atoms with Crippen molar-refractivity contribution in [2.75, 3.05) is 20.2 Å². The van der Waals surface area contributed by atoms with Crippen LogP contribution in [-0.4, -0.2) is 29.6 Å². The Morgan fingerprint density at radius 1 is 1.39 bits per heavy atom. The average molecular weight is 245 g/mol. The summed E-state index contributed by atoms with van der Waals surface area (Å²) in [6.07, 6.45) is 5.45. The summed E-state index contributed by atoms with van der Waals surface area (Å²) in [7, 11) is 1.71. The predicted molar refractivity (Wildman–Crippen MR) is 71.0 cm³/mol. The number of piperidine rings is 1. The van der Waals surface area contributed by atoms with Crippen LogP contribution in [0.15, 0.2) is 24.4 Å². The molecule has 0 saturated carbocycles. The maximum atomic E-state index is 5.43. The molecule has 1 N–H and O–H groups in total. The van der Waals surface area contributed by atoms with Crippen LogP contribution in [0.1, 0.15) is 18.7 Å². The number of hydrogen-bond acceptors (Lipinski definition) is 3. The third-order valence-corrected chi connectivity index (χ3v) is 3.73. The molecule has 1 aliphatic rings. The third kappa shape index (κ3) is 2.08. The van der Waals surface area contributed by atoms with Gasteiger partial charge >= 0.3 is 0 Å². The molecular weight excluding hydrogens is 226 g/mol. The fraction of sp³-hybridized carbons (Fsp3) is 0.500. The van der Waals surface area contributed by atoms with Crippen molar-refractivity contribution in [1.29, 1.82) is 0 Å². The number of aromatic nitrogens is 2. The van der Waals surface area contributed by atoms with Crippen molar-refractivity contribution in [3.05, 3.63) is 30.2 Å². The molecule has 96 valence electrons. The average Bonchev–Trinajstić information content (AvgIpc) is 2.83. The largest absolute Gasteiger partial charge is 0.482 e. The number of imidazole rings is 1. The highest BCUT2D eigenvalue weighted by molar-refractivity contribution is 5.49. The van der Waals surface area contributed by atoms with E-state index < -0.39 is 0 Å². The Balaban J connectivity index is 1.91. The molecular formula is C14H19N3O. The number of nitrogens with zero attached hydrogens (tertiary/aromatic N) is 2. The second-order valence-electron chi connectivity index (χ2n) is 4.90. The van der Waals surface area contributed by atoms with Crippen LogP contribution in [0.3, 0.4) is 0 Å². The number of ether oxygens (including phenoxy) is 1. The van der Waals surface area contributed by atoms with Crippen LogP contribution in [0.4, 0.5) is 0 Å². The summed E-state index contributed by atoms with van der Waals surface area (Å²) in [6, 6.07) is 6.06. The maximum Gasteiger partial charge on any atom is 0.199 e. The van der Waals surface area contributed by atoms with Gasteiger partial charge in [0.1, 0.15) is 5.82 Å². The van der Waals surface area contributed by atoms with Crippen LogP contribution < -0.4 is 10.1 Å². The molecule has 2 aromatic heterocycles. The van der Waals surface area contributed by atoms with E-state index in [0.717, 1.165) is 42.6 Å². The molecule has 4 heteroatoms. The summed E-state index contributed by atoms with van der Waals surface area (Å²) in [5.74, 6) is 2.73. The van der Waals surface area contributed by atoms with Gasteiger partial charge in [-0.25, -0.2) is 4.98 Å². The molecule has 1 aliphatic heterocycles. The van der Waals surface area contributed by atoms with Crippen molar-refractivity contribution >= 4 is 5.52 Å². The molecule has 2 aromatic rings. The van der Waals surface area contributed by atoms with E-state index in [4.69, 9.17) is 4.74 Å². The van der Waals surface area contributed by atoms with Gasteiger partial charge in [-0.05, 0) is 44.0 Å². The Bertz CT molecular complexity index is 529. The normalized spacial score (nSPS) is 17.2. The van der Waals surface area contributed by atoms with Gasteiger partial charge in [-0.15, -0.1) is 0 Å². The van der Waals surface area contributed by atoms with Gasteiger partial charge in [-0.1, -0.05) is 6.07 Å². The standard InChI is InChI=1S/C14H19N3O/c1-18-14-4-2-3-12-10-16-13(17(12)14)9-11-5-7-15-8-6-11/h2-4,10-11,15H,5-9H2,1H3. The molecule has 0 bridgehead atoms. The van der Waals surface area contributed by atoms with Gasteiger partial charge in [0.05, 0.1) is 18.8 Å². The summed E-state index contributed by atoms with van der Waals surface area (Å²) >= 11 is 0. The highest BCUT2D eigenvalue weighted by Gasteiger charge is 2.17. The molecule has 0 amide bonds. The van der Waals surface area contributed by atoms with Gasteiger partial charge in [-0.3, -0.25) is 4.40 Å². The SMILES string of the molecule is COc1cccc2cnc(CC3CCNCC3)n12. The van der Waals surface area contributed by atoms with E-state index >= 15 is 0 Å². The van der Waals surface area contributed by atoms with Crippen molar-refractivity contribution in [3.63, 3.8) is 0 Å². The number of nitrogens with one attached hydrogen (secondary N) is 1. The topological polar surface area (TPSA) is 38.6 Å². The van der Waals surface area contributed by atoms with Gasteiger partial charge in [0.15, 0.2) is 5.88 Å². The number of fused-ring (bicyclic) bond motifs is 1. The summed E-state index contributed by atoms with van der Waals surface area (Å²) < 4.78 is 7.55. The fourth-order valence-electron chi connectivity index (χ4n) is 2.73. The summed E-state index contributed by atoms with van der Waals surface area (Å²) in [4.78, 5) is 4.56. The fourth-order valence-corrected chi connectivity index (χ4v) is 2.73. The minimum Gasteiger partial charge on any atom is -0.482 e. The zero-order chi connectivity index (χ0) is 12.4. The molecule has 4 nitrogen and oxygen atoms in total. The van der Waals surface area contributed by atoms with Crippen molar-refractivity contribution < 1.29 is 4.74 Å². The van der Waals surface area contributed by atoms with Gasteiger partial charge in [0.2, 0.25) is 0 Å². The van der Waals surface area contributed by atoms with Crippen LogP contribution in [0.25, 0.3) is 5.52 Å². The number of rotatable bonds is 3. The van der Waals surface area contributed by atoms with E-state index in [1.165, 1.54) is 12.8 Å². The van der Waals surface area contributed by atoms with Crippen LogP contribution in [-0.2, 0) is 6.42 Å². The van der Waals surface area contributed by atoms with Crippen LogP contribution in [0.5, 0.6) is 5.88 Å².